The number of hydrogen-bond acceptors (Lipinski definition) is 2. The van der Waals surface area contributed by atoms with Crippen LogP contribution in [-0.2, 0) is 0 Å². The number of aromatic carboxylic acids is 2. The van der Waals surface area contributed by atoms with Crippen LogP contribution in [0, 0.1) is 0 Å². The summed E-state index contributed by atoms with van der Waals surface area (Å²) in [5.74, 6) is -2.34. The molecule has 2 N–H and O–H groups in total. The van der Waals surface area contributed by atoms with Crippen molar-refractivity contribution >= 4 is 45.9 Å². The Bertz CT molecular complexity index is 679. The molecule has 0 aliphatic rings. The average molecular weight is 285 g/mol. The summed E-state index contributed by atoms with van der Waals surface area (Å²) in [6, 6.07) is 5.43. The van der Waals surface area contributed by atoms with Gasteiger partial charge in [-0.1, -0.05) is 29.3 Å². The van der Waals surface area contributed by atoms with Gasteiger partial charge in [0, 0.05) is 15.8 Å². The number of benzene rings is 2. The van der Waals surface area contributed by atoms with Gasteiger partial charge >= 0.3 is 11.9 Å². The molecule has 0 fully saturated rings. The van der Waals surface area contributed by atoms with Gasteiger partial charge in [0.2, 0.25) is 0 Å². The van der Waals surface area contributed by atoms with E-state index in [-0.39, 0.29) is 21.2 Å². The van der Waals surface area contributed by atoms with E-state index < -0.39 is 11.9 Å². The zero-order valence-corrected chi connectivity index (χ0v) is 10.3. The van der Waals surface area contributed by atoms with Gasteiger partial charge in [-0.25, -0.2) is 9.59 Å². The van der Waals surface area contributed by atoms with E-state index >= 15 is 0 Å². The number of carboxylic acid groups (broad SMARTS) is 2. The molecule has 18 heavy (non-hydrogen) atoms. The fourth-order valence-electron chi connectivity index (χ4n) is 1.64. The van der Waals surface area contributed by atoms with Crippen molar-refractivity contribution in [3.05, 3.63) is 45.4 Å². The smallest absolute Gasteiger partial charge is 0.337 e. The zero-order valence-electron chi connectivity index (χ0n) is 8.78. The molecule has 4 nitrogen and oxygen atoms in total. The minimum atomic E-state index is -1.18. The summed E-state index contributed by atoms with van der Waals surface area (Å²) in [7, 11) is 0. The van der Waals surface area contributed by atoms with Crippen LogP contribution in [0.2, 0.25) is 10.0 Å². The Balaban J connectivity index is 2.87. The third-order valence-electron chi connectivity index (χ3n) is 2.50. The molecular formula is C12H6Cl2O4. The minimum absolute atomic E-state index is 0.0231. The van der Waals surface area contributed by atoms with Gasteiger partial charge in [-0.15, -0.1) is 0 Å². The molecule has 0 saturated carbocycles. The highest BCUT2D eigenvalue weighted by atomic mass is 35.5. The monoisotopic (exact) mass is 284 g/mol. The summed E-state index contributed by atoms with van der Waals surface area (Å²) in [6.45, 7) is 0. The van der Waals surface area contributed by atoms with Crippen LogP contribution in [0.1, 0.15) is 20.7 Å². The second-order valence-electron chi connectivity index (χ2n) is 3.59. The molecule has 0 bridgehead atoms. The van der Waals surface area contributed by atoms with E-state index in [0.29, 0.717) is 10.8 Å². The topological polar surface area (TPSA) is 74.6 Å². The SMILES string of the molecule is O=C(O)c1cc(Cl)c2ccc(C(=O)O)c(Cl)c2c1. The molecular weight excluding hydrogens is 279 g/mol. The lowest BCUT2D eigenvalue weighted by molar-refractivity contribution is 0.0687. The second kappa shape index (κ2) is 4.48. The molecule has 2 rings (SSSR count). The zero-order chi connectivity index (χ0) is 13.4. The lowest BCUT2D eigenvalue weighted by Gasteiger charge is -2.07. The number of hydrogen-bond donors (Lipinski definition) is 2. The van der Waals surface area contributed by atoms with E-state index in [9.17, 15) is 9.59 Å². The first kappa shape index (κ1) is 12.7. The molecule has 0 amide bonds. The highest BCUT2D eigenvalue weighted by Crippen LogP contribution is 2.33. The Morgan fingerprint density at radius 2 is 1.61 bits per heavy atom. The van der Waals surface area contributed by atoms with Crippen molar-refractivity contribution in [2.75, 3.05) is 0 Å². The van der Waals surface area contributed by atoms with Gasteiger partial charge in [0.1, 0.15) is 0 Å². The van der Waals surface area contributed by atoms with Gasteiger partial charge < -0.3 is 10.2 Å². The Kier molecular flexibility index (Phi) is 3.15. The number of halogens is 2. The number of rotatable bonds is 2. The first-order chi connectivity index (χ1) is 8.41. The first-order valence-electron chi connectivity index (χ1n) is 4.80. The van der Waals surface area contributed by atoms with E-state index in [1.807, 2.05) is 0 Å². The summed E-state index contributed by atoms with van der Waals surface area (Å²) >= 11 is 11.9. The van der Waals surface area contributed by atoms with Gasteiger partial charge in [-0.05, 0) is 18.2 Å². The summed E-state index contributed by atoms with van der Waals surface area (Å²) < 4.78 is 0. The van der Waals surface area contributed by atoms with E-state index in [1.165, 1.54) is 24.3 Å². The van der Waals surface area contributed by atoms with Crippen molar-refractivity contribution in [3.8, 4) is 0 Å². The molecule has 2 aromatic carbocycles. The summed E-state index contributed by atoms with van der Waals surface area (Å²) in [5, 5.41) is 18.9. The van der Waals surface area contributed by atoms with Crippen molar-refractivity contribution in [3.63, 3.8) is 0 Å². The van der Waals surface area contributed by atoms with Crippen LogP contribution in [0.3, 0.4) is 0 Å². The van der Waals surface area contributed by atoms with Crippen LogP contribution in [0.4, 0.5) is 0 Å². The van der Waals surface area contributed by atoms with E-state index in [1.54, 1.807) is 0 Å². The molecule has 0 radical (unpaired) electrons. The predicted molar refractivity (Wildman–Crippen MR) is 67.9 cm³/mol. The van der Waals surface area contributed by atoms with Crippen molar-refractivity contribution in [2.45, 2.75) is 0 Å². The van der Waals surface area contributed by atoms with Crippen LogP contribution in [0.15, 0.2) is 24.3 Å². The van der Waals surface area contributed by atoms with Gasteiger partial charge in [0.15, 0.2) is 0 Å². The maximum absolute atomic E-state index is 10.9. The molecule has 0 unspecified atom stereocenters. The van der Waals surface area contributed by atoms with Crippen LogP contribution < -0.4 is 0 Å². The van der Waals surface area contributed by atoms with Crippen molar-refractivity contribution in [2.24, 2.45) is 0 Å². The van der Waals surface area contributed by atoms with Crippen molar-refractivity contribution in [1.29, 1.82) is 0 Å². The Labute approximate surface area is 111 Å². The van der Waals surface area contributed by atoms with Crippen LogP contribution in [-0.4, -0.2) is 22.2 Å². The number of carboxylic acids is 2. The summed E-state index contributed by atoms with van der Waals surface area (Å²) in [5.41, 5.74) is -0.139. The molecule has 0 aromatic heterocycles. The van der Waals surface area contributed by atoms with Crippen LogP contribution in [0.5, 0.6) is 0 Å². The lowest BCUT2D eigenvalue weighted by Crippen LogP contribution is -2.00. The molecule has 0 heterocycles. The molecule has 6 heteroatoms. The molecule has 0 spiro atoms. The minimum Gasteiger partial charge on any atom is -0.478 e. The first-order valence-corrected chi connectivity index (χ1v) is 5.55. The van der Waals surface area contributed by atoms with E-state index in [4.69, 9.17) is 33.4 Å². The maximum Gasteiger partial charge on any atom is 0.337 e. The largest absolute Gasteiger partial charge is 0.478 e. The standard InChI is InChI=1S/C12H6Cl2O4/c13-9-4-5(11(15)16)3-8-6(9)1-2-7(10(8)14)12(17)18/h1-4H,(H,15,16)(H,17,18). The molecule has 0 aliphatic carbocycles. The van der Waals surface area contributed by atoms with Gasteiger partial charge in [0.05, 0.1) is 16.1 Å². The molecule has 0 saturated heterocycles. The predicted octanol–water partition coefficient (Wildman–Crippen LogP) is 3.54. The highest BCUT2D eigenvalue weighted by molar-refractivity contribution is 6.41. The van der Waals surface area contributed by atoms with E-state index in [2.05, 4.69) is 0 Å². The summed E-state index contributed by atoms with van der Waals surface area (Å²) in [6.07, 6.45) is 0. The van der Waals surface area contributed by atoms with Crippen molar-refractivity contribution in [1.82, 2.24) is 0 Å². The fourth-order valence-corrected chi connectivity index (χ4v) is 2.22. The fraction of sp³-hybridized carbons (Fsp3) is 0. The number of fused-ring (bicyclic) bond motifs is 1. The molecule has 92 valence electrons. The second-order valence-corrected chi connectivity index (χ2v) is 4.38. The number of carbonyl (C=O) groups is 2. The third-order valence-corrected chi connectivity index (χ3v) is 3.22. The van der Waals surface area contributed by atoms with Gasteiger partial charge in [-0.2, -0.15) is 0 Å². The van der Waals surface area contributed by atoms with E-state index in [0.717, 1.165) is 0 Å². The average Bonchev–Trinajstić information content (AvgIpc) is 2.29. The van der Waals surface area contributed by atoms with Gasteiger partial charge in [0.25, 0.3) is 0 Å². The quantitative estimate of drug-likeness (QED) is 0.884. The Hall–Kier alpha value is -1.78. The summed E-state index contributed by atoms with van der Waals surface area (Å²) in [4.78, 5) is 21.8. The van der Waals surface area contributed by atoms with Gasteiger partial charge in [-0.3, -0.25) is 0 Å². The van der Waals surface area contributed by atoms with Crippen LogP contribution >= 0.6 is 23.2 Å². The third kappa shape index (κ3) is 2.00. The normalized spacial score (nSPS) is 10.6. The Morgan fingerprint density at radius 3 is 2.17 bits per heavy atom. The van der Waals surface area contributed by atoms with Crippen LogP contribution in [0.25, 0.3) is 10.8 Å². The molecule has 0 atom stereocenters. The molecule has 0 aliphatic heterocycles. The maximum atomic E-state index is 10.9. The Morgan fingerprint density at radius 1 is 0.944 bits per heavy atom. The highest BCUT2D eigenvalue weighted by Gasteiger charge is 2.15. The lowest BCUT2D eigenvalue weighted by atomic mass is 10.0. The molecule has 2 aromatic rings. The van der Waals surface area contributed by atoms with Crippen molar-refractivity contribution < 1.29 is 19.8 Å².